The van der Waals surface area contributed by atoms with Crippen LogP contribution < -0.4 is 10.6 Å². The highest BCUT2D eigenvalue weighted by molar-refractivity contribution is 5.84. The molecule has 0 aliphatic carbocycles. The van der Waals surface area contributed by atoms with Crippen LogP contribution in [0, 0.1) is 17.1 Å². The van der Waals surface area contributed by atoms with Gasteiger partial charge < -0.3 is 15.7 Å². The van der Waals surface area contributed by atoms with Gasteiger partial charge in [-0.3, -0.25) is 4.79 Å². The van der Waals surface area contributed by atoms with Gasteiger partial charge in [0.1, 0.15) is 11.9 Å². The molecule has 0 aromatic heterocycles. The van der Waals surface area contributed by atoms with E-state index in [-0.39, 0.29) is 12.1 Å². The van der Waals surface area contributed by atoms with E-state index < -0.39 is 17.3 Å². The Hall–Kier alpha value is -2.13. The van der Waals surface area contributed by atoms with Crippen molar-refractivity contribution in [1.29, 1.82) is 5.26 Å². The van der Waals surface area contributed by atoms with Crippen LogP contribution in [0.4, 0.5) is 10.1 Å². The molecular weight excluding hydrogens is 249 g/mol. The van der Waals surface area contributed by atoms with E-state index in [1.807, 2.05) is 6.07 Å². The SMILES string of the molecule is N#Cc1cc(F)ccc1N1CCCC(O)(C(N)=O)C1. The van der Waals surface area contributed by atoms with E-state index in [0.29, 0.717) is 25.1 Å². The number of carbonyl (C=O) groups is 1. The van der Waals surface area contributed by atoms with Crippen LogP contribution in [-0.2, 0) is 4.79 Å². The fourth-order valence-electron chi connectivity index (χ4n) is 2.32. The van der Waals surface area contributed by atoms with Crippen LogP contribution >= 0.6 is 0 Å². The topological polar surface area (TPSA) is 90.3 Å². The Morgan fingerprint density at radius 3 is 2.95 bits per heavy atom. The molecule has 2 rings (SSSR count). The summed E-state index contributed by atoms with van der Waals surface area (Å²) < 4.78 is 13.1. The molecule has 0 saturated carbocycles. The van der Waals surface area contributed by atoms with Crippen molar-refractivity contribution in [3.63, 3.8) is 0 Å². The Bertz CT molecular complexity index is 555. The molecule has 1 saturated heterocycles. The van der Waals surface area contributed by atoms with Crippen molar-refractivity contribution in [3.05, 3.63) is 29.6 Å². The molecular formula is C13H14FN3O2. The Morgan fingerprint density at radius 1 is 1.58 bits per heavy atom. The molecule has 1 atom stereocenters. The number of carbonyl (C=O) groups excluding carboxylic acids is 1. The molecule has 100 valence electrons. The normalized spacial score (nSPS) is 22.9. The molecule has 1 heterocycles. The largest absolute Gasteiger partial charge is 0.378 e. The predicted molar refractivity (Wildman–Crippen MR) is 66.7 cm³/mol. The maximum absolute atomic E-state index is 13.1. The van der Waals surface area contributed by atoms with Crippen molar-refractivity contribution in [2.24, 2.45) is 5.73 Å². The van der Waals surface area contributed by atoms with Gasteiger partial charge in [0.25, 0.3) is 5.91 Å². The lowest BCUT2D eigenvalue weighted by Gasteiger charge is -2.38. The number of primary amides is 1. The summed E-state index contributed by atoms with van der Waals surface area (Å²) in [7, 11) is 0. The third-order valence-electron chi connectivity index (χ3n) is 3.35. The second-order valence-electron chi connectivity index (χ2n) is 4.69. The molecule has 0 radical (unpaired) electrons. The Kier molecular flexibility index (Phi) is 3.40. The number of aliphatic hydroxyl groups is 1. The second-order valence-corrected chi connectivity index (χ2v) is 4.69. The number of nitrogens with zero attached hydrogens (tertiary/aromatic N) is 2. The zero-order valence-corrected chi connectivity index (χ0v) is 10.3. The molecule has 1 aromatic rings. The number of benzene rings is 1. The van der Waals surface area contributed by atoms with Crippen LogP contribution in [0.3, 0.4) is 0 Å². The van der Waals surface area contributed by atoms with E-state index in [1.54, 1.807) is 4.90 Å². The fraction of sp³-hybridized carbons (Fsp3) is 0.385. The zero-order chi connectivity index (χ0) is 14.0. The van der Waals surface area contributed by atoms with E-state index in [0.717, 1.165) is 6.07 Å². The standard InChI is InChI=1S/C13H14FN3O2/c14-10-2-3-11(9(6-10)7-15)17-5-1-4-13(19,8-17)12(16)18/h2-3,6,19H,1,4-5,8H2,(H2,16,18). The summed E-state index contributed by atoms with van der Waals surface area (Å²) in [4.78, 5) is 13.0. The van der Waals surface area contributed by atoms with Crippen molar-refractivity contribution >= 4 is 11.6 Å². The minimum absolute atomic E-state index is 0.0165. The zero-order valence-electron chi connectivity index (χ0n) is 10.3. The van der Waals surface area contributed by atoms with Crippen LogP contribution in [0.5, 0.6) is 0 Å². The number of rotatable bonds is 2. The quantitative estimate of drug-likeness (QED) is 0.813. The van der Waals surface area contributed by atoms with Crippen molar-refractivity contribution in [1.82, 2.24) is 0 Å². The first-order chi connectivity index (χ1) is 8.96. The average molecular weight is 263 g/mol. The van der Waals surface area contributed by atoms with Crippen LogP contribution in [0.2, 0.25) is 0 Å². The number of nitrogens with two attached hydrogens (primary N) is 1. The molecule has 1 unspecified atom stereocenters. The molecule has 0 spiro atoms. The number of piperidine rings is 1. The van der Waals surface area contributed by atoms with Crippen molar-refractivity contribution in [2.75, 3.05) is 18.0 Å². The maximum atomic E-state index is 13.1. The summed E-state index contributed by atoms with van der Waals surface area (Å²) in [5, 5.41) is 19.1. The van der Waals surface area contributed by atoms with E-state index in [1.165, 1.54) is 12.1 Å². The number of anilines is 1. The van der Waals surface area contributed by atoms with Gasteiger partial charge in [0.15, 0.2) is 5.60 Å². The van der Waals surface area contributed by atoms with E-state index >= 15 is 0 Å². The van der Waals surface area contributed by atoms with Gasteiger partial charge in [-0.15, -0.1) is 0 Å². The monoisotopic (exact) mass is 263 g/mol. The third kappa shape index (κ3) is 2.51. The summed E-state index contributed by atoms with van der Waals surface area (Å²) in [5.41, 5.74) is 4.28. The number of halogens is 1. The Labute approximate surface area is 110 Å². The summed E-state index contributed by atoms with van der Waals surface area (Å²) in [6, 6.07) is 5.76. The lowest BCUT2D eigenvalue weighted by Crippen LogP contribution is -2.56. The molecule has 0 bridgehead atoms. The second kappa shape index (κ2) is 4.86. The minimum Gasteiger partial charge on any atom is -0.378 e. The molecule has 5 nitrogen and oxygen atoms in total. The van der Waals surface area contributed by atoms with E-state index in [9.17, 15) is 14.3 Å². The van der Waals surface area contributed by atoms with Crippen molar-refractivity contribution in [2.45, 2.75) is 18.4 Å². The van der Waals surface area contributed by atoms with Crippen LogP contribution in [-0.4, -0.2) is 29.7 Å². The number of nitriles is 1. The maximum Gasteiger partial charge on any atom is 0.251 e. The van der Waals surface area contributed by atoms with Crippen LogP contribution in [0.1, 0.15) is 18.4 Å². The van der Waals surface area contributed by atoms with Gasteiger partial charge in [-0.2, -0.15) is 5.26 Å². The average Bonchev–Trinajstić information content (AvgIpc) is 2.38. The van der Waals surface area contributed by atoms with Gasteiger partial charge in [0.2, 0.25) is 0 Å². The van der Waals surface area contributed by atoms with Crippen molar-refractivity contribution < 1.29 is 14.3 Å². The van der Waals surface area contributed by atoms with Crippen LogP contribution in [0.15, 0.2) is 18.2 Å². The summed E-state index contributed by atoms with van der Waals surface area (Å²) in [5.74, 6) is -1.28. The number of hydrogen-bond acceptors (Lipinski definition) is 4. The highest BCUT2D eigenvalue weighted by atomic mass is 19.1. The fourth-order valence-corrected chi connectivity index (χ4v) is 2.32. The Balaban J connectivity index is 2.33. The van der Waals surface area contributed by atoms with E-state index in [2.05, 4.69) is 0 Å². The first-order valence-corrected chi connectivity index (χ1v) is 5.93. The number of β-amino-alcohol motifs (C(OH)–C–C–N with tert-alkyl or cyclic N) is 1. The van der Waals surface area contributed by atoms with Crippen LogP contribution in [0.25, 0.3) is 0 Å². The third-order valence-corrected chi connectivity index (χ3v) is 3.35. The number of amides is 1. The smallest absolute Gasteiger partial charge is 0.251 e. The van der Waals surface area contributed by atoms with Gasteiger partial charge in [0.05, 0.1) is 17.8 Å². The van der Waals surface area contributed by atoms with Gasteiger partial charge in [0, 0.05) is 6.54 Å². The Morgan fingerprint density at radius 2 is 2.32 bits per heavy atom. The summed E-state index contributed by atoms with van der Waals surface area (Å²) >= 11 is 0. The van der Waals surface area contributed by atoms with Gasteiger partial charge in [-0.1, -0.05) is 0 Å². The molecule has 1 aliphatic rings. The molecule has 19 heavy (non-hydrogen) atoms. The van der Waals surface area contributed by atoms with Gasteiger partial charge >= 0.3 is 0 Å². The summed E-state index contributed by atoms with van der Waals surface area (Å²) in [6.45, 7) is 0.596. The highest BCUT2D eigenvalue weighted by Gasteiger charge is 2.39. The highest BCUT2D eigenvalue weighted by Crippen LogP contribution is 2.28. The molecule has 1 aromatic carbocycles. The molecule has 3 N–H and O–H groups in total. The first kappa shape index (κ1) is 13.3. The van der Waals surface area contributed by atoms with E-state index in [4.69, 9.17) is 11.0 Å². The predicted octanol–water partition coefficient (Wildman–Crippen LogP) is 0.514. The first-order valence-electron chi connectivity index (χ1n) is 5.93. The van der Waals surface area contributed by atoms with Crippen molar-refractivity contribution in [3.8, 4) is 6.07 Å². The van der Waals surface area contributed by atoms with Gasteiger partial charge in [-0.25, -0.2) is 4.39 Å². The summed E-state index contributed by atoms with van der Waals surface area (Å²) in [6.07, 6.45) is 0.865. The number of hydrogen-bond donors (Lipinski definition) is 2. The lowest BCUT2D eigenvalue weighted by molar-refractivity contribution is -0.137. The molecule has 6 heteroatoms. The molecule has 1 fully saturated rings. The minimum atomic E-state index is -1.60. The van der Waals surface area contributed by atoms with Gasteiger partial charge in [-0.05, 0) is 31.0 Å². The molecule has 1 aliphatic heterocycles. The molecule has 1 amide bonds. The lowest BCUT2D eigenvalue weighted by atomic mass is 9.91.